The van der Waals surface area contributed by atoms with Crippen LogP contribution in [0.25, 0.3) is 11.2 Å². The normalized spacial score (nSPS) is 1.14. The predicted octanol–water partition coefficient (Wildman–Crippen LogP) is -1.01. The van der Waals surface area contributed by atoms with E-state index in [9.17, 15) is 0 Å². The summed E-state index contributed by atoms with van der Waals surface area (Å²) in [6, 6.07) is 0. The predicted molar refractivity (Wildman–Crippen MR) is 20.7 cm³/mol. The molecule has 0 saturated heterocycles. The topological polar surface area (TPSA) is 142 Å². The van der Waals surface area contributed by atoms with Gasteiger partial charge in [-0.15, -0.1) is 0 Å². The van der Waals surface area contributed by atoms with E-state index in [0.717, 1.165) is 0 Å². The van der Waals surface area contributed by atoms with Gasteiger partial charge in [0.05, 0.1) is 0 Å². The SMILES string of the molecule is O.O.[Fe+4].[N-]=O.[N-]=O. The molecule has 6 nitrogen and oxygen atoms in total. The Morgan fingerprint density at radius 1 is 0.714 bits per heavy atom. The number of hydrogen-bond donors (Lipinski definition) is 0. The molecule has 7 heavy (non-hydrogen) atoms. The van der Waals surface area contributed by atoms with Crippen molar-refractivity contribution >= 4 is 0 Å². The maximum atomic E-state index is 7.25. The Kier molecular flexibility index (Phi) is 10500. The second-order valence-electron chi connectivity index (χ2n) is 0. The quantitative estimate of drug-likeness (QED) is 0.409. The molecule has 0 aromatic heterocycles. The molecule has 0 aromatic rings. The van der Waals surface area contributed by atoms with Crippen molar-refractivity contribution in [3.63, 3.8) is 0 Å². The van der Waals surface area contributed by atoms with Crippen molar-refractivity contribution < 1.29 is 28.0 Å². The molecule has 0 bridgehead atoms. The number of hydrogen-bond acceptors (Lipinski definition) is 2. The molecule has 4 N–H and O–H groups in total. The summed E-state index contributed by atoms with van der Waals surface area (Å²) in [5.41, 5.74) is 11.5. The molecular weight excluding hydrogens is 148 g/mol. The van der Waals surface area contributed by atoms with Crippen molar-refractivity contribution in [2.24, 2.45) is 0 Å². The van der Waals surface area contributed by atoms with Gasteiger partial charge in [-0.05, 0) is 0 Å². The summed E-state index contributed by atoms with van der Waals surface area (Å²) in [7, 11) is 0. The van der Waals surface area contributed by atoms with Crippen LogP contribution in [0, 0.1) is 9.81 Å². The number of nitroso groups, excluding NO2 is 2. The Morgan fingerprint density at radius 2 is 0.714 bits per heavy atom. The van der Waals surface area contributed by atoms with E-state index in [2.05, 4.69) is 0 Å². The fraction of sp³-hybridized carbons (Fsp3) is 0. The van der Waals surface area contributed by atoms with Crippen molar-refractivity contribution in [3.8, 4) is 0 Å². The minimum absolute atomic E-state index is 0. The zero-order valence-corrected chi connectivity index (χ0v) is 4.17. The molecule has 0 saturated carbocycles. The molecule has 0 aliphatic rings. The van der Waals surface area contributed by atoms with E-state index in [0.29, 0.717) is 0 Å². The van der Waals surface area contributed by atoms with Gasteiger partial charge in [-0.1, -0.05) is 0 Å². The molecule has 0 aliphatic heterocycles. The van der Waals surface area contributed by atoms with Gasteiger partial charge in [-0.25, -0.2) is 0 Å². The van der Waals surface area contributed by atoms with Crippen molar-refractivity contribution in [2.45, 2.75) is 0 Å². The van der Waals surface area contributed by atoms with Gasteiger partial charge < -0.3 is 32.0 Å². The van der Waals surface area contributed by atoms with Crippen LogP contribution in [-0.2, 0) is 17.1 Å². The summed E-state index contributed by atoms with van der Waals surface area (Å²) in [4.78, 5) is 14.5. The average molecular weight is 152 g/mol. The van der Waals surface area contributed by atoms with E-state index in [4.69, 9.17) is 21.0 Å². The van der Waals surface area contributed by atoms with Crippen LogP contribution in [-0.4, -0.2) is 11.0 Å². The standard InChI is InChI=1S/Fe.2NO.2H2O/c;2*1-2;;/h;;;2*1H2/q+4;2*-1;;. The van der Waals surface area contributed by atoms with Gasteiger partial charge in [0.25, 0.3) is 0 Å². The Labute approximate surface area is 49.9 Å². The maximum Gasteiger partial charge on any atom is 4.00 e. The van der Waals surface area contributed by atoms with Crippen LogP contribution in [0.2, 0.25) is 0 Å². The smallest absolute Gasteiger partial charge is 0.577 e. The first-order valence-corrected chi connectivity index (χ1v) is 0.365. The average Bonchev–Trinajstić information content (AvgIpc) is 1.50. The maximum absolute atomic E-state index is 7.25. The number of nitrogens with zero attached hydrogens (tertiary/aromatic N) is 2. The Hall–Kier alpha value is -0.361. The minimum Gasteiger partial charge on any atom is -0.577 e. The third kappa shape index (κ3) is 575. The van der Waals surface area contributed by atoms with Gasteiger partial charge in [0.1, 0.15) is 0 Å². The molecule has 7 heteroatoms. The van der Waals surface area contributed by atoms with E-state index < -0.39 is 0 Å². The summed E-state index contributed by atoms with van der Waals surface area (Å²) in [6.45, 7) is 0. The molecule has 0 unspecified atom stereocenters. The Balaban J connectivity index is -0.00000000267. The van der Waals surface area contributed by atoms with Crippen LogP contribution in [0.1, 0.15) is 0 Å². The fourth-order valence-corrected chi connectivity index (χ4v) is 0. The molecule has 0 radical (unpaired) electrons. The molecule has 0 amide bonds. The molecule has 0 fully saturated rings. The van der Waals surface area contributed by atoms with Crippen LogP contribution < -0.4 is 0 Å². The Morgan fingerprint density at radius 3 is 0.714 bits per heavy atom. The van der Waals surface area contributed by atoms with E-state index in [1.54, 1.807) is 0 Å². The molecule has 44 valence electrons. The first-order chi connectivity index (χ1) is 2.00. The van der Waals surface area contributed by atoms with Crippen molar-refractivity contribution in [1.82, 2.24) is 0 Å². The minimum atomic E-state index is 0. The van der Waals surface area contributed by atoms with Crippen LogP contribution in [0.15, 0.2) is 0 Å². The van der Waals surface area contributed by atoms with Crippen molar-refractivity contribution in [1.29, 1.82) is 0 Å². The van der Waals surface area contributed by atoms with Crippen LogP contribution in [0.5, 0.6) is 0 Å². The van der Waals surface area contributed by atoms with E-state index in [1.165, 1.54) is 0 Å². The molecule has 0 aromatic carbocycles. The Bertz CT molecular complexity index is 11.7. The fourth-order valence-electron chi connectivity index (χ4n) is 0. The molecule has 0 aliphatic carbocycles. The van der Waals surface area contributed by atoms with Crippen LogP contribution in [0.4, 0.5) is 0 Å². The third-order valence-electron chi connectivity index (χ3n) is 0. The largest absolute Gasteiger partial charge is 4.00 e. The zero-order valence-electron chi connectivity index (χ0n) is 3.06. The van der Waals surface area contributed by atoms with Gasteiger partial charge in [0.15, 0.2) is 0 Å². The summed E-state index contributed by atoms with van der Waals surface area (Å²) in [6.07, 6.45) is 0. The van der Waals surface area contributed by atoms with Crippen LogP contribution >= 0.6 is 0 Å². The van der Waals surface area contributed by atoms with Gasteiger partial charge in [-0.2, -0.15) is 0 Å². The summed E-state index contributed by atoms with van der Waals surface area (Å²) in [5, 5.41) is 0. The van der Waals surface area contributed by atoms with Crippen LogP contribution in [0.3, 0.4) is 0 Å². The van der Waals surface area contributed by atoms with E-state index in [1.807, 2.05) is 0 Å². The van der Waals surface area contributed by atoms with Crippen molar-refractivity contribution in [2.75, 3.05) is 0 Å². The zero-order chi connectivity index (χ0) is 4.00. The molecule has 0 spiro atoms. The summed E-state index contributed by atoms with van der Waals surface area (Å²) < 4.78 is 0. The molecular formula is H4FeN2O4+2. The summed E-state index contributed by atoms with van der Waals surface area (Å²) >= 11 is 0. The first-order valence-electron chi connectivity index (χ1n) is 0.365. The second-order valence-corrected chi connectivity index (χ2v) is 0. The van der Waals surface area contributed by atoms with E-state index >= 15 is 0 Å². The van der Waals surface area contributed by atoms with Gasteiger partial charge >= 0.3 is 17.1 Å². The first kappa shape index (κ1) is 78.6. The van der Waals surface area contributed by atoms with Gasteiger partial charge in [0.2, 0.25) is 0 Å². The summed E-state index contributed by atoms with van der Waals surface area (Å²) in [5.74, 6) is 0. The number of rotatable bonds is 0. The van der Waals surface area contributed by atoms with Gasteiger partial charge in [0, 0.05) is 0 Å². The van der Waals surface area contributed by atoms with E-state index in [-0.39, 0.29) is 28.0 Å². The third-order valence-corrected chi connectivity index (χ3v) is 0. The monoisotopic (exact) mass is 152 g/mol. The second kappa shape index (κ2) is 934. The molecule has 0 rings (SSSR count). The molecule has 0 atom stereocenters. The van der Waals surface area contributed by atoms with Gasteiger partial charge in [-0.3, -0.25) is 0 Å². The van der Waals surface area contributed by atoms with Crippen molar-refractivity contribution in [3.05, 3.63) is 21.0 Å². The molecule has 0 heterocycles.